The highest BCUT2D eigenvalue weighted by Gasteiger charge is 2.32. The molecule has 0 saturated carbocycles. The van der Waals surface area contributed by atoms with Crippen LogP contribution in [0.5, 0.6) is 0 Å². The number of fused-ring (bicyclic) bond motifs is 2. The van der Waals surface area contributed by atoms with E-state index in [1.165, 1.54) is 11.3 Å². The number of aromatic amines is 1. The van der Waals surface area contributed by atoms with E-state index in [1.807, 2.05) is 30.3 Å². The molecule has 1 aliphatic carbocycles. The van der Waals surface area contributed by atoms with Gasteiger partial charge in [0.1, 0.15) is 10.5 Å². The second kappa shape index (κ2) is 5.12. The molecule has 0 spiro atoms. The standard InChI is InChI=1S/C16H13ClN2O2S/c17-13-7-9-6-12(19-16(9)22-13)15(21)18-11-5-8-3-1-2-4-10(8)14(11)20/h1-4,6-7,11,14,19-20H,5H2,(H,18,21). The Morgan fingerprint density at radius 3 is 2.95 bits per heavy atom. The predicted molar refractivity (Wildman–Crippen MR) is 87.5 cm³/mol. The minimum Gasteiger partial charge on any atom is -0.386 e. The van der Waals surface area contributed by atoms with Crippen LogP contribution in [0.25, 0.3) is 10.2 Å². The van der Waals surface area contributed by atoms with E-state index in [2.05, 4.69) is 10.3 Å². The number of rotatable bonds is 2. The van der Waals surface area contributed by atoms with E-state index in [0.29, 0.717) is 16.5 Å². The van der Waals surface area contributed by atoms with Crippen LogP contribution in [0.3, 0.4) is 0 Å². The first kappa shape index (κ1) is 13.8. The van der Waals surface area contributed by atoms with Crippen molar-refractivity contribution in [1.29, 1.82) is 0 Å². The van der Waals surface area contributed by atoms with Crippen molar-refractivity contribution in [2.45, 2.75) is 18.6 Å². The van der Waals surface area contributed by atoms with Crippen molar-refractivity contribution in [3.8, 4) is 0 Å². The summed E-state index contributed by atoms with van der Waals surface area (Å²) >= 11 is 7.33. The van der Waals surface area contributed by atoms with Crippen LogP contribution < -0.4 is 5.32 Å². The van der Waals surface area contributed by atoms with Crippen LogP contribution in [0.4, 0.5) is 0 Å². The Hall–Kier alpha value is -1.82. The van der Waals surface area contributed by atoms with Gasteiger partial charge in [-0.05, 0) is 29.7 Å². The molecular formula is C16H13ClN2O2S. The number of thiophene rings is 1. The highest BCUT2D eigenvalue weighted by molar-refractivity contribution is 7.22. The van der Waals surface area contributed by atoms with E-state index in [1.54, 1.807) is 6.07 Å². The molecule has 0 fully saturated rings. The number of hydrogen-bond donors (Lipinski definition) is 3. The first-order chi connectivity index (χ1) is 10.6. The van der Waals surface area contributed by atoms with E-state index < -0.39 is 6.10 Å². The Morgan fingerprint density at radius 1 is 1.36 bits per heavy atom. The number of carbonyl (C=O) groups is 1. The van der Waals surface area contributed by atoms with Gasteiger partial charge in [-0.25, -0.2) is 0 Å². The minimum absolute atomic E-state index is 0.212. The lowest BCUT2D eigenvalue weighted by atomic mass is 10.1. The topological polar surface area (TPSA) is 65.1 Å². The zero-order valence-electron chi connectivity index (χ0n) is 11.5. The summed E-state index contributed by atoms with van der Waals surface area (Å²) in [6, 6.07) is 11.0. The van der Waals surface area contributed by atoms with E-state index in [0.717, 1.165) is 21.3 Å². The monoisotopic (exact) mass is 332 g/mol. The number of amides is 1. The molecule has 1 aromatic carbocycles. The van der Waals surface area contributed by atoms with E-state index in [9.17, 15) is 9.90 Å². The van der Waals surface area contributed by atoms with Gasteiger partial charge in [-0.2, -0.15) is 0 Å². The lowest BCUT2D eigenvalue weighted by molar-refractivity contribution is 0.0854. The van der Waals surface area contributed by atoms with Gasteiger partial charge in [0, 0.05) is 5.39 Å². The largest absolute Gasteiger partial charge is 0.386 e. The smallest absolute Gasteiger partial charge is 0.268 e. The van der Waals surface area contributed by atoms with Crippen molar-refractivity contribution in [1.82, 2.24) is 10.3 Å². The summed E-state index contributed by atoms with van der Waals surface area (Å²) in [6.07, 6.45) is -0.0186. The highest BCUT2D eigenvalue weighted by Crippen LogP contribution is 2.32. The number of nitrogens with one attached hydrogen (secondary N) is 2. The average Bonchev–Trinajstić information content (AvgIpc) is 3.12. The van der Waals surface area contributed by atoms with Crippen LogP contribution in [0.15, 0.2) is 36.4 Å². The molecule has 4 rings (SSSR count). The van der Waals surface area contributed by atoms with Crippen LogP contribution in [0.2, 0.25) is 4.34 Å². The Balaban J connectivity index is 1.54. The molecule has 0 saturated heterocycles. The summed E-state index contributed by atoms with van der Waals surface area (Å²) in [5.41, 5.74) is 2.47. The van der Waals surface area contributed by atoms with Crippen LogP contribution in [-0.2, 0) is 6.42 Å². The Kier molecular flexibility index (Phi) is 3.22. The molecule has 1 amide bonds. The number of H-pyrrole nitrogens is 1. The maximum atomic E-state index is 12.4. The van der Waals surface area contributed by atoms with Gasteiger partial charge in [0.15, 0.2) is 0 Å². The van der Waals surface area contributed by atoms with Gasteiger partial charge in [0.05, 0.1) is 16.5 Å². The quantitative estimate of drug-likeness (QED) is 0.674. The molecule has 2 aromatic heterocycles. The summed E-state index contributed by atoms with van der Waals surface area (Å²) < 4.78 is 0.690. The summed E-state index contributed by atoms with van der Waals surface area (Å²) in [5, 5.41) is 14.2. The lowest BCUT2D eigenvalue weighted by Crippen LogP contribution is -2.37. The maximum Gasteiger partial charge on any atom is 0.268 e. The van der Waals surface area contributed by atoms with Crippen molar-refractivity contribution in [3.63, 3.8) is 0 Å². The summed E-state index contributed by atoms with van der Waals surface area (Å²) in [5.74, 6) is -0.212. The molecule has 0 aliphatic heterocycles. The van der Waals surface area contributed by atoms with Crippen LogP contribution in [0, 0.1) is 0 Å². The Morgan fingerprint density at radius 2 is 2.18 bits per heavy atom. The summed E-state index contributed by atoms with van der Waals surface area (Å²) in [6.45, 7) is 0. The van der Waals surface area contributed by atoms with Gasteiger partial charge in [0.25, 0.3) is 5.91 Å². The number of aliphatic hydroxyl groups is 1. The normalized spacial score (nSPS) is 20.3. The van der Waals surface area contributed by atoms with E-state index in [-0.39, 0.29) is 11.9 Å². The fourth-order valence-electron chi connectivity index (χ4n) is 2.96. The number of hydrogen-bond acceptors (Lipinski definition) is 3. The molecule has 112 valence electrons. The zero-order chi connectivity index (χ0) is 15.3. The molecule has 3 aromatic rings. The molecule has 3 N–H and O–H groups in total. The number of aromatic nitrogens is 1. The third-order valence-electron chi connectivity index (χ3n) is 4.03. The minimum atomic E-state index is -0.661. The number of carbonyl (C=O) groups excluding carboxylic acids is 1. The van der Waals surface area contributed by atoms with Crippen molar-refractivity contribution in [2.24, 2.45) is 0 Å². The number of benzene rings is 1. The molecular weight excluding hydrogens is 320 g/mol. The fourth-order valence-corrected chi connectivity index (χ4v) is 4.09. The van der Waals surface area contributed by atoms with Crippen LogP contribution >= 0.6 is 22.9 Å². The maximum absolute atomic E-state index is 12.4. The summed E-state index contributed by atoms with van der Waals surface area (Å²) in [4.78, 5) is 16.3. The van der Waals surface area contributed by atoms with Crippen LogP contribution in [0.1, 0.15) is 27.7 Å². The summed E-state index contributed by atoms with van der Waals surface area (Å²) in [7, 11) is 0. The van der Waals surface area contributed by atoms with Crippen molar-refractivity contribution in [3.05, 3.63) is 57.6 Å². The van der Waals surface area contributed by atoms with Crippen molar-refractivity contribution in [2.75, 3.05) is 0 Å². The molecule has 2 unspecified atom stereocenters. The highest BCUT2D eigenvalue weighted by atomic mass is 35.5. The molecule has 22 heavy (non-hydrogen) atoms. The van der Waals surface area contributed by atoms with Crippen molar-refractivity contribution < 1.29 is 9.90 Å². The Labute approximate surface area is 135 Å². The predicted octanol–water partition coefficient (Wildman–Crippen LogP) is 3.27. The fraction of sp³-hybridized carbons (Fsp3) is 0.188. The first-order valence-electron chi connectivity index (χ1n) is 6.96. The van der Waals surface area contributed by atoms with Gasteiger partial charge in [0.2, 0.25) is 0 Å². The van der Waals surface area contributed by atoms with Gasteiger partial charge >= 0.3 is 0 Å². The third kappa shape index (κ3) is 2.22. The molecule has 1 aliphatic rings. The van der Waals surface area contributed by atoms with Crippen LogP contribution in [-0.4, -0.2) is 22.0 Å². The second-order valence-corrected chi connectivity index (χ2v) is 7.13. The zero-order valence-corrected chi connectivity index (χ0v) is 13.0. The number of halogens is 1. The molecule has 0 radical (unpaired) electrons. The molecule has 4 nitrogen and oxygen atoms in total. The average molecular weight is 333 g/mol. The van der Waals surface area contributed by atoms with Crippen molar-refractivity contribution >= 4 is 39.1 Å². The lowest BCUT2D eigenvalue weighted by Gasteiger charge is -2.16. The van der Waals surface area contributed by atoms with E-state index >= 15 is 0 Å². The molecule has 0 bridgehead atoms. The first-order valence-corrected chi connectivity index (χ1v) is 8.16. The Bertz CT molecular complexity index is 839. The van der Waals surface area contributed by atoms with Gasteiger partial charge in [-0.15, -0.1) is 11.3 Å². The van der Waals surface area contributed by atoms with Gasteiger partial charge in [-0.1, -0.05) is 35.9 Å². The SMILES string of the molecule is O=C(NC1Cc2ccccc2C1O)c1cc2cc(Cl)sc2[nH]1. The molecule has 6 heteroatoms. The van der Waals surface area contributed by atoms with E-state index in [4.69, 9.17) is 11.6 Å². The molecule has 2 heterocycles. The number of aliphatic hydroxyl groups excluding tert-OH is 1. The molecule has 2 atom stereocenters. The second-order valence-electron chi connectivity index (χ2n) is 5.45. The van der Waals surface area contributed by atoms with Gasteiger partial charge < -0.3 is 15.4 Å². The third-order valence-corrected chi connectivity index (χ3v) is 5.23. The van der Waals surface area contributed by atoms with Gasteiger partial charge in [-0.3, -0.25) is 4.79 Å².